The van der Waals surface area contributed by atoms with Gasteiger partial charge in [-0.05, 0) is 29.4 Å². The zero-order chi connectivity index (χ0) is 19.9. The van der Waals surface area contributed by atoms with Gasteiger partial charge in [0.2, 0.25) is 6.20 Å². The van der Waals surface area contributed by atoms with Crippen molar-refractivity contribution in [1.29, 1.82) is 0 Å². The van der Waals surface area contributed by atoms with Gasteiger partial charge in [0, 0.05) is 5.56 Å². The van der Waals surface area contributed by atoms with Crippen molar-refractivity contribution in [3.63, 3.8) is 0 Å². The van der Waals surface area contributed by atoms with E-state index >= 15 is 0 Å². The molecule has 0 aliphatic rings. The molecule has 0 bridgehead atoms. The largest absolute Gasteiger partial charge is 0.416 e. The van der Waals surface area contributed by atoms with Crippen molar-refractivity contribution in [3.05, 3.63) is 77.6 Å². The van der Waals surface area contributed by atoms with Crippen LogP contribution in [0, 0.1) is 11.6 Å². The lowest BCUT2D eigenvalue weighted by atomic mass is 10.1. The standard InChI is InChI=1S/C19H11F5N4/c20-14-6-2-5-13(17(14)21)18-26-15-8-25-28(10-16(15)27-18)9-11-3-1-4-12(7-11)19(22,23)24/h1-8,10H,9H2/p+1. The fourth-order valence-electron chi connectivity index (χ4n) is 2.84. The predicted molar refractivity (Wildman–Crippen MR) is 90.0 cm³/mol. The molecule has 0 fully saturated rings. The molecule has 2 aromatic heterocycles. The summed E-state index contributed by atoms with van der Waals surface area (Å²) < 4.78 is 67.4. The number of H-pyrrole nitrogens is 1. The second kappa shape index (κ2) is 6.66. The molecule has 28 heavy (non-hydrogen) atoms. The second-order valence-corrected chi connectivity index (χ2v) is 6.16. The highest BCUT2D eigenvalue weighted by atomic mass is 19.4. The summed E-state index contributed by atoms with van der Waals surface area (Å²) in [5.41, 5.74) is 0.555. The first-order valence-electron chi connectivity index (χ1n) is 8.17. The lowest BCUT2D eigenvalue weighted by Crippen LogP contribution is -2.37. The average molecular weight is 391 g/mol. The maximum absolute atomic E-state index is 14.0. The van der Waals surface area contributed by atoms with Crippen LogP contribution in [0.1, 0.15) is 11.1 Å². The van der Waals surface area contributed by atoms with Crippen LogP contribution in [0.5, 0.6) is 0 Å². The zero-order valence-electron chi connectivity index (χ0n) is 14.1. The monoisotopic (exact) mass is 391 g/mol. The first-order valence-corrected chi connectivity index (χ1v) is 8.17. The second-order valence-electron chi connectivity index (χ2n) is 6.16. The molecular formula is C19H12F5N4+. The molecule has 0 aliphatic heterocycles. The Morgan fingerprint density at radius 2 is 1.82 bits per heavy atom. The minimum atomic E-state index is -4.43. The summed E-state index contributed by atoms with van der Waals surface area (Å²) in [6.45, 7) is 0.0997. The van der Waals surface area contributed by atoms with Crippen molar-refractivity contribution in [2.24, 2.45) is 0 Å². The minimum Gasteiger partial charge on any atom is -0.333 e. The number of nitrogens with one attached hydrogen (secondary N) is 1. The molecular weight excluding hydrogens is 379 g/mol. The summed E-state index contributed by atoms with van der Waals surface area (Å²) in [5.74, 6) is -1.88. The predicted octanol–water partition coefficient (Wildman–Crippen LogP) is 4.26. The number of hydrogen-bond acceptors (Lipinski definition) is 2. The van der Waals surface area contributed by atoms with Crippen LogP contribution in [0.3, 0.4) is 0 Å². The molecule has 0 saturated carbocycles. The van der Waals surface area contributed by atoms with E-state index in [1.165, 1.54) is 29.1 Å². The highest BCUT2D eigenvalue weighted by molar-refractivity contribution is 5.77. The van der Waals surface area contributed by atoms with E-state index in [1.807, 2.05) is 0 Å². The van der Waals surface area contributed by atoms with Crippen molar-refractivity contribution in [2.75, 3.05) is 0 Å². The number of benzene rings is 2. The van der Waals surface area contributed by atoms with Gasteiger partial charge < -0.3 is 4.98 Å². The Bertz CT molecular complexity index is 1170. The lowest BCUT2D eigenvalue weighted by molar-refractivity contribution is -0.745. The van der Waals surface area contributed by atoms with Crippen LogP contribution in [0.15, 0.2) is 54.9 Å². The summed E-state index contributed by atoms with van der Waals surface area (Å²) in [5, 5.41) is 4.13. The van der Waals surface area contributed by atoms with Gasteiger partial charge in [0.1, 0.15) is 23.1 Å². The number of aromatic nitrogens is 4. The molecule has 0 spiro atoms. The lowest BCUT2D eigenvalue weighted by Gasteiger charge is -2.06. The van der Waals surface area contributed by atoms with Crippen LogP contribution in [-0.4, -0.2) is 15.1 Å². The average Bonchev–Trinajstić information content (AvgIpc) is 3.06. The van der Waals surface area contributed by atoms with E-state index in [0.29, 0.717) is 16.6 Å². The number of alkyl halides is 3. The first kappa shape index (κ1) is 18.0. The molecule has 0 radical (unpaired) electrons. The minimum absolute atomic E-state index is 0.0272. The van der Waals surface area contributed by atoms with Crippen LogP contribution in [0.25, 0.3) is 22.4 Å². The van der Waals surface area contributed by atoms with E-state index < -0.39 is 23.4 Å². The molecule has 0 aliphatic carbocycles. The van der Waals surface area contributed by atoms with Gasteiger partial charge in [0.25, 0.3) is 0 Å². The van der Waals surface area contributed by atoms with Crippen molar-refractivity contribution < 1.29 is 26.6 Å². The Morgan fingerprint density at radius 3 is 2.61 bits per heavy atom. The third-order valence-electron chi connectivity index (χ3n) is 4.17. The van der Waals surface area contributed by atoms with Gasteiger partial charge in [-0.25, -0.2) is 13.8 Å². The normalized spacial score (nSPS) is 11.9. The van der Waals surface area contributed by atoms with E-state index in [2.05, 4.69) is 15.1 Å². The summed E-state index contributed by atoms with van der Waals surface area (Å²) in [6.07, 6.45) is -1.48. The molecule has 2 aromatic carbocycles. The van der Waals surface area contributed by atoms with Gasteiger partial charge in [-0.15, -0.1) is 0 Å². The highest BCUT2D eigenvalue weighted by Gasteiger charge is 2.30. The molecule has 4 aromatic rings. The summed E-state index contributed by atoms with van der Waals surface area (Å²) in [4.78, 5) is 7.08. The fraction of sp³-hybridized carbons (Fsp3) is 0.105. The van der Waals surface area contributed by atoms with Crippen LogP contribution < -0.4 is 4.68 Å². The summed E-state index contributed by atoms with van der Waals surface area (Å²) in [6, 6.07) is 8.71. The number of nitrogens with zero attached hydrogens (tertiary/aromatic N) is 3. The molecule has 4 rings (SSSR count). The first-order chi connectivity index (χ1) is 13.3. The van der Waals surface area contributed by atoms with Gasteiger partial charge >= 0.3 is 6.18 Å². The number of fused-ring (bicyclic) bond motifs is 1. The number of aromatic amines is 1. The van der Waals surface area contributed by atoms with Gasteiger partial charge in [-0.2, -0.15) is 13.2 Å². The van der Waals surface area contributed by atoms with E-state index in [9.17, 15) is 22.0 Å². The van der Waals surface area contributed by atoms with Gasteiger partial charge in [0.15, 0.2) is 18.2 Å². The number of imidazole rings is 1. The van der Waals surface area contributed by atoms with Crippen molar-refractivity contribution in [1.82, 2.24) is 15.1 Å². The maximum Gasteiger partial charge on any atom is 0.416 e. The highest BCUT2D eigenvalue weighted by Crippen LogP contribution is 2.29. The van der Waals surface area contributed by atoms with Crippen molar-refractivity contribution in [2.45, 2.75) is 12.7 Å². The number of rotatable bonds is 3. The van der Waals surface area contributed by atoms with E-state index in [0.717, 1.165) is 18.2 Å². The van der Waals surface area contributed by atoms with E-state index in [4.69, 9.17) is 0 Å². The zero-order valence-corrected chi connectivity index (χ0v) is 14.1. The van der Waals surface area contributed by atoms with Crippen LogP contribution in [0.2, 0.25) is 0 Å². The molecule has 0 saturated heterocycles. The van der Waals surface area contributed by atoms with Crippen molar-refractivity contribution >= 4 is 11.0 Å². The quantitative estimate of drug-likeness (QED) is 0.419. The Morgan fingerprint density at radius 1 is 1.04 bits per heavy atom. The molecule has 4 nitrogen and oxygen atoms in total. The van der Waals surface area contributed by atoms with Gasteiger partial charge in [-0.3, -0.25) is 0 Å². The molecule has 9 heteroatoms. The van der Waals surface area contributed by atoms with Crippen LogP contribution in [0.4, 0.5) is 22.0 Å². The Kier molecular flexibility index (Phi) is 4.29. The third-order valence-corrected chi connectivity index (χ3v) is 4.17. The molecule has 0 unspecified atom stereocenters. The van der Waals surface area contributed by atoms with E-state index in [1.54, 1.807) is 12.3 Å². The van der Waals surface area contributed by atoms with E-state index in [-0.39, 0.29) is 17.9 Å². The maximum atomic E-state index is 14.0. The SMILES string of the molecule is Fc1cccc(-c2nc3cn[n+](Cc4cccc(C(F)(F)F)c4)cc3[nH]2)c1F. The Hall–Kier alpha value is -3.36. The van der Waals surface area contributed by atoms with Crippen molar-refractivity contribution in [3.8, 4) is 11.4 Å². The number of halogens is 5. The Balaban J connectivity index is 1.67. The molecule has 1 N–H and O–H groups in total. The molecule has 2 heterocycles. The summed E-state index contributed by atoms with van der Waals surface area (Å²) >= 11 is 0. The van der Waals surface area contributed by atoms with Gasteiger partial charge in [-0.1, -0.05) is 22.9 Å². The van der Waals surface area contributed by atoms with Crippen LogP contribution in [-0.2, 0) is 12.7 Å². The Labute approximate surface area is 155 Å². The summed E-state index contributed by atoms with van der Waals surface area (Å²) in [7, 11) is 0. The number of hydrogen-bond donors (Lipinski definition) is 1. The molecule has 0 amide bonds. The van der Waals surface area contributed by atoms with Crippen LogP contribution >= 0.6 is 0 Å². The fourth-order valence-corrected chi connectivity index (χ4v) is 2.84. The van der Waals surface area contributed by atoms with Gasteiger partial charge in [0.05, 0.1) is 11.1 Å². The smallest absolute Gasteiger partial charge is 0.333 e. The third kappa shape index (κ3) is 3.42. The topological polar surface area (TPSA) is 45.5 Å². The molecule has 142 valence electrons. The molecule has 0 atom stereocenters.